The summed E-state index contributed by atoms with van der Waals surface area (Å²) in [5.41, 5.74) is 3.68. The highest BCUT2D eigenvalue weighted by atomic mass is 16.5. The molecule has 0 saturated carbocycles. The Morgan fingerprint density at radius 3 is 2.53 bits per heavy atom. The van der Waals surface area contributed by atoms with Crippen molar-refractivity contribution >= 4 is 0 Å². The molecule has 0 N–H and O–H groups in total. The highest BCUT2D eigenvalue weighted by Crippen LogP contribution is 2.34. The molecule has 2 rings (SSSR count). The van der Waals surface area contributed by atoms with E-state index in [1.165, 1.54) is 0 Å². The Labute approximate surface area is 101 Å². The van der Waals surface area contributed by atoms with Crippen LogP contribution in [-0.2, 0) is 0 Å². The van der Waals surface area contributed by atoms with Crippen molar-refractivity contribution in [1.29, 1.82) is 5.26 Å². The third kappa shape index (κ3) is 2.00. The van der Waals surface area contributed by atoms with E-state index in [0.29, 0.717) is 5.56 Å². The van der Waals surface area contributed by atoms with Crippen molar-refractivity contribution in [1.82, 2.24) is 0 Å². The first-order valence-corrected chi connectivity index (χ1v) is 5.41. The van der Waals surface area contributed by atoms with Crippen molar-refractivity contribution in [2.45, 2.75) is 6.92 Å². The summed E-state index contributed by atoms with van der Waals surface area (Å²) >= 11 is 0. The Balaban J connectivity index is 2.73. The Kier molecular flexibility index (Phi) is 3.11. The smallest absolute Gasteiger partial charge is 0.126 e. The maximum atomic E-state index is 9.14. The van der Waals surface area contributed by atoms with Gasteiger partial charge in [0.1, 0.15) is 5.75 Å². The summed E-state index contributed by atoms with van der Waals surface area (Å²) in [5.74, 6) is 0.799. The minimum Gasteiger partial charge on any atom is -0.496 e. The molecular weight excluding hydrogens is 210 g/mol. The molecule has 0 saturated heterocycles. The third-order valence-electron chi connectivity index (χ3n) is 2.77. The van der Waals surface area contributed by atoms with Gasteiger partial charge in [0.25, 0.3) is 0 Å². The maximum absolute atomic E-state index is 9.14. The topological polar surface area (TPSA) is 33.0 Å². The van der Waals surface area contributed by atoms with Gasteiger partial charge in [-0.1, -0.05) is 30.3 Å². The van der Waals surface area contributed by atoms with Crippen LogP contribution in [0.4, 0.5) is 0 Å². The molecule has 0 unspecified atom stereocenters. The van der Waals surface area contributed by atoms with E-state index in [0.717, 1.165) is 22.4 Å². The fraction of sp³-hybridized carbons (Fsp3) is 0.133. The van der Waals surface area contributed by atoms with Crippen molar-refractivity contribution in [2.75, 3.05) is 7.11 Å². The van der Waals surface area contributed by atoms with Crippen LogP contribution >= 0.6 is 0 Å². The lowest BCUT2D eigenvalue weighted by molar-refractivity contribution is 0.416. The summed E-state index contributed by atoms with van der Waals surface area (Å²) in [4.78, 5) is 0. The van der Waals surface area contributed by atoms with E-state index in [2.05, 4.69) is 6.07 Å². The van der Waals surface area contributed by atoms with E-state index in [1.807, 2.05) is 49.4 Å². The number of benzene rings is 2. The van der Waals surface area contributed by atoms with Gasteiger partial charge in [-0.2, -0.15) is 5.26 Å². The van der Waals surface area contributed by atoms with Crippen molar-refractivity contribution < 1.29 is 4.74 Å². The average Bonchev–Trinajstić information content (AvgIpc) is 2.38. The van der Waals surface area contributed by atoms with Crippen LogP contribution in [-0.4, -0.2) is 7.11 Å². The van der Waals surface area contributed by atoms with Gasteiger partial charge in [-0.15, -0.1) is 0 Å². The molecule has 84 valence electrons. The van der Waals surface area contributed by atoms with Gasteiger partial charge in [-0.3, -0.25) is 0 Å². The fourth-order valence-electron chi connectivity index (χ4n) is 1.95. The zero-order valence-electron chi connectivity index (χ0n) is 9.90. The molecule has 0 spiro atoms. The van der Waals surface area contributed by atoms with Gasteiger partial charge in [-0.25, -0.2) is 0 Å². The van der Waals surface area contributed by atoms with Gasteiger partial charge >= 0.3 is 0 Å². The van der Waals surface area contributed by atoms with E-state index in [-0.39, 0.29) is 0 Å². The molecule has 17 heavy (non-hydrogen) atoms. The summed E-state index contributed by atoms with van der Waals surface area (Å²) in [6, 6.07) is 15.7. The van der Waals surface area contributed by atoms with Crippen LogP contribution in [0.2, 0.25) is 0 Å². The zero-order valence-corrected chi connectivity index (χ0v) is 9.90. The Hall–Kier alpha value is -2.27. The third-order valence-corrected chi connectivity index (χ3v) is 2.77. The summed E-state index contributed by atoms with van der Waals surface area (Å²) in [6.07, 6.45) is 0. The number of methoxy groups -OCH3 is 1. The van der Waals surface area contributed by atoms with E-state index in [9.17, 15) is 0 Å². The largest absolute Gasteiger partial charge is 0.496 e. The average molecular weight is 223 g/mol. The lowest BCUT2D eigenvalue weighted by Gasteiger charge is -2.12. The number of aryl methyl sites for hydroxylation is 1. The normalized spacial score (nSPS) is 9.71. The van der Waals surface area contributed by atoms with E-state index in [4.69, 9.17) is 10.00 Å². The van der Waals surface area contributed by atoms with Gasteiger partial charge < -0.3 is 4.74 Å². The van der Waals surface area contributed by atoms with Crippen molar-refractivity contribution in [3.8, 4) is 22.9 Å². The summed E-state index contributed by atoms with van der Waals surface area (Å²) in [7, 11) is 1.65. The number of hydrogen-bond donors (Lipinski definition) is 0. The predicted octanol–water partition coefficient (Wildman–Crippen LogP) is 3.54. The Morgan fingerprint density at radius 2 is 1.82 bits per heavy atom. The molecule has 2 nitrogen and oxygen atoms in total. The first-order chi connectivity index (χ1) is 8.27. The van der Waals surface area contributed by atoms with Crippen LogP contribution in [0.15, 0.2) is 42.5 Å². The highest BCUT2D eigenvalue weighted by Gasteiger charge is 2.11. The highest BCUT2D eigenvalue weighted by molar-refractivity contribution is 5.78. The molecule has 0 radical (unpaired) electrons. The summed E-state index contributed by atoms with van der Waals surface area (Å²) in [6.45, 7) is 2.02. The molecule has 0 bridgehead atoms. The molecule has 0 fully saturated rings. The number of nitriles is 1. The standard InChI is InChI=1S/C15H13NO/c1-11-6-5-9-14(17-2)15(11)13-8-4-3-7-12(13)10-16/h3-9H,1-2H3. The quantitative estimate of drug-likeness (QED) is 0.780. The number of nitrogens with zero attached hydrogens (tertiary/aromatic N) is 1. The molecule has 2 aromatic rings. The second kappa shape index (κ2) is 4.71. The number of hydrogen-bond acceptors (Lipinski definition) is 2. The lowest BCUT2D eigenvalue weighted by Crippen LogP contribution is -1.92. The maximum Gasteiger partial charge on any atom is 0.126 e. The predicted molar refractivity (Wildman–Crippen MR) is 67.9 cm³/mol. The molecule has 0 aliphatic heterocycles. The lowest BCUT2D eigenvalue weighted by atomic mass is 9.95. The molecule has 0 aromatic heterocycles. The molecule has 0 aliphatic carbocycles. The minimum absolute atomic E-state index is 0.667. The van der Waals surface area contributed by atoms with Gasteiger partial charge in [0.15, 0.2) is 0 Å². The van der Waals surface area contributed by atoms with E-state index >= 15 is 0 Å². The Morgan fingerprint density at radius 1 is 1.06 bits per heavy atom. The summed E-state index contributed by atoms with van der Waals surface area (Å²) < 4.78 is 5.37. The van der Waals surface area contributed by atoms with Gasteiger partial charge in [0.2, 0.25) is 0 Å². The zero-order chi connectivity index (χ0) is 12.3. The first-order valence-electron chi connectivity index (χ1n) is 5.41. The van der Waals surface area contributed by atoms with Gasteiger partial charge in [0, 0.05) is 11.1 Å². The molecule has 0 atom stereocenters. The molecule has 2 heteroatoms. The summed E-state index contributed by atoms with van der Waals surface area (Å²) in [5, 5.41) is 9.14. The SMILES string of the molecule is COc1cccc(C)c1-c1ccccc1C#N. The van der Waals surface area contributed by atoms with Gasteiger partial charge in [-0.05, 0) is 24.6 Å². The van der Waals surface area contributed by atoms with Crippen LogP contribution in [0.25, 0.3) is 11.1 Å². The van der Waals surface area contributed by atoms with Crippen molar-refractivity contribution in [3.63, 3.8) is 0 Å². The number of ether oxygens (including phenoxy) is 1. The van der Waals surface area contributed by atoms with Crippen LogP contribution in [0.3, 0.4) is 0 Å². The molecule has 0 aliphatic rings. The molecule has 0 heterocycles. The minimum atomic E-state index is 0.667. The fourth-order valence-corrected chi connectivity index (χ4v) is 1.95. The van der Waals surface area contributed by atoms with Crippen LogP contribution in [0, 0.1) is 18.3 Å². The van der Waals surface area contributed by atoms with Crippen molar-refractivity contribution in [3.05, 3.63) is 53.6 Å². The molecular formula is C15H13NO. The molecule has 2 aromatic carbocycles. The van der Waals surface area contributed by atoms with Crippen LogP contribution in [0.1, 0.15) is 11.1 Å². The van der Waals surface area contributed by atoms with E-state index in [1.54, 1.807) is 7.11 Å². The van der Waals surface area contributed by atoms with Crippen molar-refractivity contribution in [2.24, 2.45) is 0 Å². The van der Waals surface area contributed by atoms with Crippen LogP contribution in [0.5, 0.6) is 5.75 Å². The number of rotatable bonds is 2. The van der Waals surface area contributed by atoms with E-state index < -0.39 is 0 Å². The van der Waals surface area contributed by atoms with Crippen LogP contribution < -0.4 is 4.74 Å². The monoisotopic (exact) mass is 223 g/mol. The Bertz CT molecular complexity index is 582. The first kappa shape index (κ1) is 11.2. The molecule has 0 amide bonds. The second-order valence-corrected chi connectivity index (χ2v) is 3.81. The van der Waals surface area contributed by atoms with Gasteiger partial charge in [0.05, 0.1) is 18.7 Å². The second-order valence-electron chi connectivity index (χ2n) is 3.81.